The fourth-order valence-corrected chi connectivity index (χ4v) is 7.06. The van der Waals surface area contributed by atoms with E-state index in [-0.39, 0.29) is 31.1 Å². The third-order valence-electron chi connectivity index (χ3n) is 10.7. The van der Waals surface area contributed by atoms with Crippen molar-refractivity contribution in [2.24, 2.45) is 0 Å². The fourth-order valence-electron chi connectivity index (χ4n) is 7.06. The molecule has 0 bridgehead atoms. The maximum absolute atomic E-state index is 12.7. The first-order valence-corrected chi connectivity index (χ1v) is 23.5. The molecule has 0 aromatic heterocycles. The van der Waals surface area contributed by atoms with Crippen LogP contribution in [0, 0.1) is 0 Å². The van der Waals surface area contributed by atoms with Gasteiger partial charge in [-0.05, 0) is 19.3 Å². The van der Waals surface area contributed by atoms with E-state index in [1.807, 2.05) is 0 Å². The molecule has 0 unspecified atom stereocenters. The van der Waals surface area contributed by atoms with Crippen molar-refractivity contribution in [2.45, 2.75) is 271 Å². The predicted molar refractivity (Wildman–Crippen MR) is 224 cm³/mol. The van der Waals surface area contributed by atoms with E-state index in [2.05, 4.69) is 20.8 Å². The highest BCUT2D eigenvalue weighted by molar-refractivity contribution is 5.70. The van der Waals surface area contributed by atoms with Gasteiger partial charge in [-0.2, -0.15) is 0 Å². The van der Waals surface area contributed by atoms with Crippen molar-refractivity contribution in [3.05, 3.63) is 0 Å². The fraction of sp³-hybridized carbons (Fsp3) is 0.936. The zero-order valence-corrected chi connectivity index (χ0v) is 35.8. The molecule has 0 saturated carbocycles. The molecule has 0 amide bonds. The Morgan fingerprint density at radius 3 is 0.811 bits per heavy atom. The summed E-state index contributed by atoms with van der Waals surface area (Å²) in [6.07, 6.45) is 42.8. The van der Waals surface area contributed by atoms with Crippen LogP contribution in [-0.4, -0.2) is 37.2 Å². The summed E-state index contributed by atoms with van der Waals surface area (Å²) in [4.78, 5) is 37.5. The van der Waals surface area contributed by atoms with Crippen LogP contribution in [-0.2, 0) is 28.6 Å². The molecule has 0 saturated heterocycles. The first kappa shape index (κ1) is 51.4. The quantitative estimate of drug-likeness (QED) is 0.0351. The molecule has 0 atom stereocenters. The average Bonchev–Trinajstić information content (AvgIpc) is 3.15. The molecular formula is C47H90O6. The molecular weight excluding hydrogens is 661 g/mol. The lowest BCUT2D eigenvalue weighted by Crippen LogP contribution is -2.23. The lowest BCUT2D eigenvalue weighted by molar-refractivity contribution is -0.153. The maximum atomic E-state index is 12.7. The molecule has 0 radical (unpaired) electrons. The van der Waals surface area contributed by atoms with E-state index in [1.165, 1.54) is 167 Å². The van der Waals surface area contributed by atoms with E-state index in [0.29, 0.717) is 32.1 Å². The smallest absolute Gasteiger partial charge is 0.306 e. The molecule has 0 fully saturated rings. The number of hydrogen-bond acceptors (Lipinski definition) is 6. The highest BCUT2D eigenvalue weighted by Crippen LogP contribution is 2.16. The van der Waals surface area contributed by atoms with Crippen LogP contribution in [0.3, 0.4) is 0 Å². The van der Waals surface area contributed by atoms with Crippen LogP contribution in [0.5, 0.6) is 0 Å². The van der Waals surface area contributed by atoms with Crippen LogP contribution in [0.15, 0.2) is 0 Å². The van der Waals surface area contributed by atoms with Gasteiger partial charge in [0.1, 0.15) is 6.10 Å². The van der Waals surface area contributed by atoms with E-state index in [4.69, 9.17) is 14.2 Å². The summed E-state index contributed by atoms with van der Waals surface area (Å²) in [6.45, 7) is 7.21. The molecule has 0 rings (SSSR count). The van der Waals surface area contributed by atoms with Crippen molar-refractivity contribution >= 4 is 17.9 Å². The molecule has 6 nitrogen and oxygen atoms in total. The summed E-state index contributed by atoms with van der Waals surface area (Å²) >= 11 is 0. The molecule has 314 valence electrons. The topological polar surface area (TPSA) is 78.9 Å². The van der Waals surface area contributed by atoms with Gasteiger partial charge in [0.25, 0.3) is 0 Å². The number of ether oxygens (including phenoxy) is 3. The molecule has 0 spiro atoms. The Morgan fingerprint density at radius 2 is 0.547 bits per heavy atom. The molecule has 6 heteroatoms. The van der Waals surface area contributed by atoms with Gasteiger partial charge in [0.05, 0.1) is 13.2 Å². The van der Waals surface area contributed by atoms with Crippen LogP contribution < -0.4 is 0 Å². The van der Waals surface area contributed by atoms with Crippen molar-refractivity contribution < 1.29 is 28.6 Å². The second-order valence-electron chi connectivity index (χ2n) is 16.0. The predicted octanol–water partition coefficient (Wildman–Crippen LogP) is 14.9. The minimum absolute atomic E-state index is 0.176. The van der Waals surface area contributed by atoms with Gasteiger partial charge in [-0.1, -0.05) is 213 Å². The number of rotatable bonds is 43. The Hall–Kier alpha value is -1.59. The molecule has 0 aliphatic carbocycles. The first-order valence-electron chi connectivity index (χ1n) is 23.5. The Labute approximate surface area is 329 Å². The van der Waals surface area contributed by atoms with Gasteiger partial charge in [-0.25, -0.2) is 0 Å². The van der Waals surface area contributed by atoms with Gasteiger partial charge in [-0.3, -0.25) is 14.4 Å². The number of hydrogen-bond donors (Lipinski definition) is 0. The highest BCUT2D eigenvalue weighted by Gasteiger charge is 2.17. The average molecular weight is 751 g/mol. The Bertz CT molecular complexity index is 739. The summed E-state index contributed by atoms with van der Waals surface area (Å²) in [5.74, 6) is -0.554. The summed E-state index contributed by atoms with van der Waals surface area (Å²) in [6, 6.07) is 0. The second-order valence-corrected chi connectivity index (χ2v) is 16.0. The molecule has 0 N–H and O–H groups in total. The van der Waals surface area contributed by atoms with Crippen molar-refractivity contribution in [3.8, 4) is 0 Å². The normalized spacial score (nSPS) is 11.3. The van der Waals surface area contributed by atoms with Gasteiger partial charge >= 0.3 is 17.9 Å². The number of carbonyl (C=O) groups is 3. The van der Waals surface area contributed by atoms with Crippen LogP contribution in [0.1, 0.15) is 265 Å². The molecule has 0 aliphatic heterocycles. The van der Waals surface area contributed by atoms with Gasteiger partial charge in [0.2, 0.25) is 0 Å². The SMILES string of the molecule is CCCCCCCCCCCCCC(=O)OCCC(CCOC(=O)CCCCCCCCCCCCC)OC(=O)CCCCCCCCCCCCC. The standard InChI is InChI=1S/C47H90O6/c1-4-7-10-13-16-19-22-25-28-31-34-37-45(48)51-42-40-44(53-47(50)39-36-33-30-27-24-21-18-15-12-9-6-3)41-43-52-46(49)38-35-32-29-26-23-20-17-14-11-8-5-2/h44H,4-43H2,1-3H3. The lowest BCUT2D eigenvalue weighted by Gasteiger charge is -2.18. The lowest BCUT2D eigenvalue weighted by atomic mass is 10.1. The van der Waals surface area contributed by atoms with Gasteiger partial charge < -0.3 is 14.2 Å². The summed E-state index contributed by atoms with van der Waals surface area (Å²) in [5.41, 5.74) is 0. The van der Waals surface area contributed by atoms with Gasteiger partial charge in [0.15, 0.2) is 0 Å². The summed E-state index contributed by atoms with van der Waals surface area (Å²) in [7, 11) is 0. The zero-order chi connectivity index (χ0) is 38.7. The second kappa shape index (κ2) is 43.1. The van der Waals surface area contributed by atoms with E-state index < -0.39 is 6.10 Å². The largest absolute Gasteiger partial charge is 0.466 e. The van der Waals surface area contributed by atoms with E-state index in [9.17, 15) is 14.4 Å². The van der Waals surface area contributed by atoms with E-state index in [0.717, 1.165) is 44.9 Å². The Morgan fingerprint density at radius 1 is 0.321 bits per heavy atom. The van der Waals surface area contributed by atoms with Crippen molar-refractivity contribution in [2.75, 3.05) is 13.2 Å². The van der Waals surface area contributed by atoms with Crippen molar-refractivity contribution in [3.63, 3.8) is 0 Å². The van der Waals surface area contributed by atoms with Gasteiger partial charge in [-0.15, -0.1) is 0 Å². The van der Waals surface area contributed by atoms with E-state index >= 15 is 0 Å². The van der Waals surface area contributed by atoms with E-state index in [1.54, 1.807) is 0 Å². The Kier molecular flexibility index (Phi) is 41.8. The van der Waals surface area contributed by atoms with Crippen molar-refractivity contribution in [1.82, 2.24) is 0 Å². The van der Waals surface area contributed by atoms with Crippen LogP contribution in [0.2, 0.25) is 0 Å². The number of esters is 3. The van der Waals surface area contributed by atoms with Crippen LogP contribution in [0.25, 0.3) is 0 Å². The third kappa shape index (κ3) is 41.4. The maximum Gasteiger partial charge on any atom is 0.306 e. The molecule has 0 aromatic rings. The monoisotopic (exact) mass is 751 g/mol. The molecule has 0 heterocycles. The van der Waals surface area contributed by atoms with Crippen molar-refractivity contribution in [1.29, 1.82) is 0 Å². The number of unbranched alkanes of at least 4 members (excludes halogenated alkanes) is 30. The van der Waals surface area contributed by atoms with Crippen LogP contribution in [0.4, 0.5) is 0 Å². The number of carbonyl (C=O) groups excluding carboxylic acids is 3. The van der Waals surface area contributed by atoms with Gasteiger partial charge in [0, 0.05) is 32.1 Å². The zero-order valence-electron chi connectivity index (χ0n) is 35.8. The molecule has 0 aromatic carbocycles. The molecule has 0 aliphatic rings. The first-order chi connectivity index (χ1) is 26.0. The minimum Gasteiger partial charge on any atom is -0.466 e. The Balaban J connectivity index is 4.30. The highest BCUT2D eigenvalue weighted by atomic mass is 16.6. The summed E-state index contributed by atoms with van der Waals surface area (Å²) < 4.78 is 16.9. The minimum atomic E-state index is -0.417. The third-order valence-corrected chi connectivity index (χ3v) is 10.7. The summed E-state index contributed by atoms with van der Waals surface area (Å²) in [5, 5.41) is 0. The molecule has 53 heavy (non-hydrogen) atoms. The van der Waals surface area contributed by atoms with Crippen LogP contribution >= 0.6 is 0 Å².